The zero-order chi connectivity index (χ0) is 13.9. The Morgan fingerprint density at radius 1 is 0.565 bits per heavy atom. The summed E-state index contributed by atoms with van der Waals surface area (Å²) in [5.74, 6) is 0. The number of hydrogen-bond donors (Lipinski definition) is 0. The molecule has 0 saturated carbocycles. The summed E-state index contributed by atoms with van der Waals surface area (Å²) in [6.45, 7) is 4.28. The zero-order valence-electron chi connectivity index (χ0n) is 13.2. The summed E-state index contributed by atoms with van der Waals surface area (Å²) in [5.41, 5.74) is 2.74. The maximum Gasteiger partial charge on any atom is 4.00 e. The molecular weight excluding hydrogens is 490 g/mol. The summed E-state index contributed by atoms with van der Waals surface area (Å²) in [5, 5.41) is 5.45. The Bertz CT molecular complexity index is 771. The molecule has 0 N–H and O–H groups in total. The monoisotopic (exact) mass is 508 g/mol. The molecule has 4 aromatic carbocycles. The van der Waals surface area contributed by atoms with Crippen LogP contribution in [0, 0.1) is 13.8 Å². The molecule has 0 radical (unpaired) electrons. The fourth-order valence-corrected chi connectivity index (χ4v) is 2.61. The van der Waals surface area contributed by atoms with Gasteiger partial charge >= 0.3 is 25.8 Å². The number of hydrogen-bond acceptors (Lipinski definition) is 0. The van der Waals surface area contributed by atoms with Crippen LogP contribution in [0.5, 0.6) is 0 Å². The van der Waals surface area contributed by atoms with Gasteiger partial charge < -0.3 is 24.8 Å². The molecule has 0 heterocycles. The maximum atomic E-state index is 2.16. The van der Waals surface area contributed by atoms with Crippen molar-refractivity contribution in [2.45, 2.75) is 13.8 Å². The SMILES string of the molecule is C[c-]1ccc2ccccc21.C[c-]1ccc2ccccc21.[Cl-].[Cl-].[Hf+4]. The van der Waals surface area contributed by atoms with E-state index < -0.39 is 0 Å². The number of halogens is 2. The molecule has 3 heteroatoms. The average molecular weight is 508 g/mol. The van der Waals surface area contributed by atoms with Crippen LogP contribution in [-0.2, 0) is 25.8 Å². The molecule has 0 spiro atoms. The minimum absolute atomic E-state index is 0. The smallest absolute Gasteiger partial charge is 1.00 e. The Balaban J connectivity index is 0.000000372. The van der Waals surface area contributed by atoms with Crippen LogP contribution in [0.25, 0.3) is 21.5 Å². The molecule has 0 bridgehead atoms. The van der Waals surface area contributed by atoms with Crippen molar-refractivity contribution in [1.29, 1.82) is 0 Å². The van der Waals surface area contributed by atoms with Crippen molar-refractivity contribution in [3.8, 4) is 0 Å². The first-order valence-electron chi connectivity index (χ1n) is 6.98. The third-order valence-corrected chi connectivity index (χ3v) is 3.80. The largest absolute Gasteiger partial charge is 4.00 e. The number of aryl methyl sites for hydroxylation is 2. The van der Waals surface area contributed by atoms with Crippen molar-refractivity contribution in [3.05, 3.63) is 83.9 Å². The van der Waals surface area contributed by atoms with Gasteiger partial charge in [0.1, 0.15) is 0 Å². The third kappa shape index (κ3) is 5.04. The number of fused-ring (bicyclic) bond motifs is 2. The van der Waals surface area contributed by atoms with E-state index in [-0.39, 0.29) is 50.7 Å². The van der Waals surface area contributed by atoms with Crippen LogP contribution in [0.1, 0.15) is 11.1 Å². The first-order chi connectivity index (χ1) is 9.75. The first kappa shape index (κ1) is 22.1. The molecule has 0 aromatic heterocycles. The predicted molar refractivity (Wildman–Crippen MR) is 88.6 cm³/mol. The molecule has 0 aliphatic carbocycles. The van der Waals surface area contributed by atoms with E-state index in [1.54, 1.807) is 0 Å². The van der Waals surface area contributed by atoms with Gasteiger partial charge in [0, 0.05) is 0 Å². The first-order valence-corrected chi connectivity index (χ1v) is 6.98. The van der Waals surface area contributed by atoms with Crippen LogP contribution in [0.4, 0.5) is 0 Å². The van der Waals surface area contributed by atoms with Gasteiger partial charge in [-0.2, -0.15) is 24.3 Å². The van der Waals surface area contributed by atoms with Crippen molar-refractivity contribution >= 4 is 21.5 Å². The average Bonchev–Trinajstić information content (AvgIpc) is 3.05. The number of benzene rings is 2. The van der Waals surface area contributed by atoms with Crippen molar-refractivity contribution in [3.63, 3.8) is 0 Å². The van der Waals surface area contributed by atoms with Crippen LogP contribution in [0.2, 0.25) is 0 Å². The van der Waals surface area contributed by atoms with Gasteiger partial charge in [-0.05, 0) is 0 Å². The van der Waals surface area contributed by atoms with Crippen LogP contribution in [-0.4, -0.2) is 0 Å². The van der Waals surface area contributed by atoms with E-state index in [2.05, 4.69) is 86.6 Å². The quantitative estimate of drug-likeness (QED) is 0.227. The van der Waals surface area contributed by atoms with Gasteiger partial charge in [-0.15, -0.1) is 69.1 Å². The summed E-state index contributed by atoms with van der Waals surface area (Å²) in [4.78, 5) is 0. The summed E-state index contributed by atoms with van der Waals surface area (Å²) in [6, 6.07) is 25.5. The Labute approximate surface area is 169 Å². The zero-order valence-corrected chi connectivity index (χ0v) is 18.3. The van der Waals surface area contributed by atoms with E-state index in [0.29, 0.717) is 0 Å². The van der Waals surface area contributed by atoms with Gasteiger partial charge in [0.15, 0.2) is 0 Å². The molecule has 0 aliphatic heterocycles. The van der Waals surface area contributed by atoms with Gasteiger partial charge in [-0.3, -0.25) is 0 Å². The Hall–Kier alpha value is -0.890. The third-order valence-electron chi connectivity index (χ3n) is 3.80. The molecule has 23 heavy (non-hydrogen) atoms. The van der Waals surface area contributed by atoms with Gasteiger partial charge in [0.25, 0.3) is 0 Å². The maximum absolute atomic E-state index is 2.16. The second kappa shape index (κ2) is 10.1. The van der Waals surface area contributed by atoms with E-state index in [1.165, 1.54) is 32.7 Å². The standard InChI is InChI=1S/2C10H9.2ClH.Hf/c2*1-8-6-7-9-4-2-3-5-10(8)9;;;/h2*2-7H,1H3;2*1H;/q2*-1;;;+4/p-2. The van der Waals surface area contributed by atoms with Crippen molar-refractivity contribution in [2.24, 2.45) is 0 Å². The Morgan fingerprint density at radius 3 is 1.26 bits per heavy atom. The molecule has 0 amide bonds. The van der Waals surface area contributed by atoms with E-state index in [9.17, 15) is 0 Å². The summed E-state index contributed by atoms with van der Waals surface area (Å²) in [7, 11) is 0. The van der Waals surface area contributed by atoms with E-state index in [4.69, 9.17) is 0 Å². The minimum Gasteiger partial charge on any atom is -1.00 e. The molecule has 0 atom stereocenters. The molecule has 0 aliphatic rings. The normalized spacial score (nSPS) is 9.13. The van der Waals surface area contributed by atoms with E-state index in [1.807, 2.05) is 0 Å². The van der Waals surface area contributed by atoms with Gasteiger partial charge in [0.05, 0.1) is 0 Å². The van der Waals surface area contributed by atoms with Gasteiger partial charge in [-0.1, -0.05) is 26.0 Å². The predicted octanol–water partition coefficient (Wildman–Crippen LogP) is -0.260. The van der Waals surface area contributed by atoms with Crippen LogP contribution < -0.4 is 24.8 Å². The molecule has 4 aromatic rings. The molecule has 0 fully saturated rings. The Kier molecular flexibility index (Phi) is 9.68. The molecule has 4 rings (SSSR count). The second-order valence-electron chi connectivity index (χ2n) is 5.21. The Morgan fingerprint density at radius 2 is 0.913 bits per heavy atom. The van der Waals surface area contributed by atoms with Gasteiger partial charge in [0.2, 0.25) is 0 Å². The van der Waals surface area contributed by atoms with E-state index >= 15 is 0 Å². The fourth-order valence-electron chi connectivity index (χ4n) is 2.61. The summed E-state index contributed by atoms with van der Waals surface area (Å²) < 4.78 is 0. The van der Waals surface area contributed by atoms with Crippen LogP contribution in [0.15, 0.2) is 72.8 Å². The minimum atomic E-state index is 0. The fraction of sp³-hybridized carbons (Fsp3) is 0.100. The van der Waals surface area contributed by atoms with Crippen molar-refractivity contribution < 1.29 is 50.7 Å². The second-order valence-corrected chi connectivity index (χ2v) is 5.21. The molecule has 0 saturated heterocycles. The molecule has 0 unspecified atom stereocenters. The summed E-state index contributed by atoms with van der Waals surface area (Å²) >= 11 is 0. The molecule has 0 nitrogen and oxygen atoms in total. The number of rotatable bonds is 0. The topological polar surface area (TPSA) is 0 Å². The van der Waals surface area contributed by atoms with Gasteiger partial charge in [-0.25, -0.2) is 0 Å². The summed E-state index contributed by atoms with van der Waals surface area (Å²) in [6.07, 6.45) is 0. The van der Waals surface area contributed by atoms with Crippen molar-refractivity contribution in [1.82, 2.24) is 0 Å². The van der Waals surface area contributed by atoms with Crippen molar-refractivity contribution in [2.75, 3.05) is 0 Å². The van der Waals surface area contributed by atoms with E-state index in [0.717, 1.165) is 0 Å². The van der Waals surface area contributed by atoms with Crippen LogP contribution >= 0.6 is 0 Å². The molecular formula is C20H18Cl2Hf. The van der Waals surface area contributed by atoms with Crippen LogP contribution in [0.3, 0.4) is 0 Å². The molecule has 116 valence electrons.